The Balaban J connectivity index is 1.56. The SMILES string of the molecule is CCOC(=O)CCCCC1(Cc2ccc3ccccc3n2)Nc2ccccc2C1=O. The first-order valence-electron chi connectivity index (χ1n) is 10.5. The number of aromatic nitrogens is 1. The zero-order chi connectivity index (χ0) is 21.0. The van der Waals surface area contributed by atoms with Gasteiger partial charge in [-0.15, -0.1) is 0 Å². The van der Waals surface area contributed by atoms with Gasteiger partial charge in [-0.3, -0.25) is 14.6 Å². The van der Waals surface area contributed by atoms with Gasteiger partial charge in [0.25, 0.3) is 0 Å². The van der Waals surface area contributed by atoms with Crippen LogP contribution < -0.4 is 5.32 Å². The van der Waals surface area contributed by atoms with Crippen molar-refractivity contribution in [1.82, 2.24) is 4.98 Å². The third-order valence-corrected chi connectivity index (χ3v) is 5.66. The number of anilines is 1. The van der Waals surface area contributed by atoms with Crippen LogP contribution in [-0.2, 0) is 16.0 Å². The molecule has 0 saturated carbocycles. The van der Waals surface area contributed by atoms with Gasteiger partial charge in [0, 0.05) is 35.2 Å². The molecule has 0 amide bonds. The van der Waals surface area contributed by atoms with Crippen LogP contribution >= 0.6 is 0 Å². The van der Waals surface area contributed by atoms with Crippen LogP contribution in [0.5, 0.6) is 0 Å². The number of pyridine rings is 1. The Kier molecular flexibility index (Phi) is 5.79. The third-order valence-electron chi connectivity index (χ3n) is 5.66. The van der Waals surface area contributed by atoms with Gasteiger partial charge in [-0.05, 0) is 44.0 Å². The van der Waals surface area contributed by atoms with Crippen molar-refractivity contribution in [3.8, 4) is 0 Å². The van der Waals surface area contributed by atoms with Crippen LogP contribution in [0.2, 0.25) is 0 Å². The molecule has 0 radical (unpaired) electrons. The fourth-order valence-electron chi connectivity index (χ4n) is 4.20. The van der Waals surface area contributed by atoms with Crippen LogP contribution in [0.4, 0.5) is 5.69 Å². The minimum atomic E-state index is -0.742. The number of rotatable bonds is 8. The Morgan fingerprint density at radius 3 is 2.67 bits per heavy atom. The molecule has 1 aliphatic rings. The number of esters is 1. The molecule has 1 aromatic heterocycles. The minimum absolute atomic E-state index is 0.101. The predicted octanol–water partition coefficient (Wildman–Crippen LogP) is 4.95. The van der Waals surface area contributed by atoms with Gasteiger partial charge in [0.2, 0.25) is 0 Å². The van der Waals surface area contributed by atoms with Crippen molar-refractivity contribution in [3.05, 3.63) is 71.9 Å². The van der Waals surface area contributed by atoms with E-state index >= 15 is 0 Å². The monoisotopic (exact) mass is 402 g/mol. The molecule has 0 saturated heterocycles. The van der Waals surface area contributed by atoms with Crippen molar-refractivity contribution < 1.29 is 14.3 Å². The molecule has 1 atom stereocenters. The standard InChI is InChI=1S/C25H26N2O3/c1-2-30-23(28)13-7-8-16-25(24(29)20-10-4-6-12-22(20)27-25)17-19-15-14-18-9-3-5-11-21(18)26-19/h3-6,9-12,14-15,27H,2,7-8,13,16-17H2,1H3. The number of benzene rings is 2. The molecule has 154 valence electrons. The smallest absolute Gasteiger partial charge is 0.305 e. The van der Waals surface area contributed by atoms with E-state index in [2.05, 4.69) is 11.4 Å². The first-order valence-corrected chi connectivity index (χ1v) is 10.5. The van der Waals surface area contributed by atoms with Gasteiger partial charge >= 0.3 is 5.97 Å². The van der Waals surface area contributed by atoms with Crippen molar-refractivity contribution >= 4 is 28.3 Å². The number of carbonyl (C=O) groups is 2. The summed E-state index contributed by atoms with van der Waals surface area (Å²) in [5.74, 6) is -0.0825. The second-order valence-electron chi connectivity index (χ2n) is 7.77. The van der Waals surface area contributed by atoms with E-state index in [0.29, 0.717) is 32.3 Å². The zero-order valence-electron chi connectivity index (χ0n) is 17.2. The average molecular weight is 402 g/mol. The van der Waals surface area contributed by atoms with Crippen molar-refractivity contribution in [1.29, 1.82) is 0 Å². The normalized spacial score (nSPS) is 17.6. The van der Waals surface area contributed by atoms with Crippen LogP contribution in [0.1, 0.15) is 48.7 Å². The summed E-state index contributed by atoms with van der Waals surface area (Å²) in [5, 5.41) is 4.58. The fourth-order valence-corrected chi connectivity index (χ4v) is 4.20. The van der Waals surface area contributed by atoms with Crippen molar-refractivity contribution in [2.45, 2.75) is 44.6 Å². The van der Waals surface area contributed by atoms with Gasteiger partial charge in [-0.25, -0.2) is 0 Å². The number of nitrogens with zero attached hydrogens (tertiary/aromatic N) is 1. The molecule has 4 rings (SSSR count). The number of ketones is 1. The van der Waals surface area contributed by atoms with Crippen molar-refractivity contribution in [2.75, 3.05) is 11.9 Å². The lowest BCUT2D eigenvalue weighted by atomic mass is 9.83. The van der Waals surface area contributed by atoms with E-state index in [-0.39, 0.29) is 11.8 Å². The quantitative estimate of drug-likeness (QED) is 0.427. The van der Waals surface area contributed by atoms with Crippen molar-refractivity contribution in [2.24, 2.45) is 0 Å². The van der Waals surface area contributed by atoms with Gasteiger partial charge in [0.05, 0.1) is 12.1 Å². The molecule has 30 heavy (non-hydrogen) atoms. The van der Waals surface area contributed by atoms with E-state index in [0.717, 1.165) is 34.3 Å². The topological polar surface area (TPSA) is 68.3 Å². The number of fused-ring (bicyclic) bond motifs is 2. The van der Waals surface area contributed by atoms with E-state index in [4.69, 9.17) is 9.72 Å². The third kappa shape index (κ3) is 4.06. The number of hydrogen-bond donors (Lipinski definition) is 1. The molecular formula is C25H26N2O3. The lowest BCUT2D eigenvalue weighted by molar-refractivity contribution is -0.143. The fraction of sp³-hybridized carbons (Fsp3) is 0.320. The number of carbonyl (C=O) groups excluding carboxylic acids is 2. The largest absolute Gasteiger partial charge is 0.466 e. The van der Waals surface area contributed by atoms with E-state index in [1.165, 1.54) is 0 Å². The zero-order valence-corrected chi connectivity index (χ0v) is 17.2. The van der Waals surface area contributed by atoms with E-state index in [1.54, 1.807) is 0 Å². The highest BCUT2D eigenvalue weighted by Gasteiger charge is 2.44. The number of para-hydroxylation sites is 2. The Hall–Kier alpha value is -3.21. The molecule has 0 fully saturated rings. The lowest BCUT2D eigenvalue weighted by Crippen LogP contribution is -2.44. The molecule has 1 N–H and O–H groups in total. The molecule has 0 bridgehead atoms. The van der Waals surface area contributed by atoms with Crippen molar-refractivity contribution in [3.63, 3.8) is 0 Å². The van der Waals surface area contributed by atoms with Crippen LogP contribution in [-0.4, -0.2) is 28.9 Å². The van der Waals surface area contributed by atoms with Crippen LogP contribution in [0, 0.1) is 0 Å². The number of hydrogen-bond acceptors (Lipinski definition) is 5. The lowest BCUT2D eigenvalue weighted by Gasteiger charge is -2.28. The highest BCUT2D eigenvalue weighted by atomic mass is 16.5. The van der Waals surface area contributed by atoms with Gasteiger partial charge in [-0.1, -0.05) is 42.8 Å². The second kappa shape index (κ2) is 8.66. The molecule has 2 aromatic carbocycles. The first-order chi connectivity index (χ1) is 14.6. The molecule has 1 aliphatic heterocycles. The average Bonchev–Trinajstić information content (AvgIpc) is 3.03. The van der Waals surface area contributed by atoms with Gasteiger partial charge in [0.15, 0.2) is 5.78 Å². The first kappa shape index (κ1) is 20.1. The highest BCUT2D eigenvalue weighted by molar-refractivity contribution is 6.13. The summed E-state index contributed by atoms with van der Waals surface area (Å²) >= 11 is 0. The van der Waals surface area contributed by atoms with Crippen LogP contribution in [0.25, 0.3) is 10.9 Å². The molecule has 3 aromatic rings. The Morgan fingerprint density at radius 2 is 1.83 bits per heavy atom. The van der Waals surface area contributed by atoms with E-state index in [9.17, 15) is 9.59 Å². The van der Waals surface area contributed by atoms with Gasteiger partial charge < -0.3 is 10.1 Å². The maximum Gasteiger partial charge on any atom is 0.305 e. The summed E-state index contributed by atoms with van der Waals surface area (Å²) in [5.41, 5.74) is 2.66. The summed E-state index contributed by atoms with van der Waals surface area (Å²) in [6.07, 6.45) is 2.95. The number of unbranched alkanes of at least 4 members (excludes halogenated alkanes) is 1. The molecule has 1 unspecified atom stereocenters. The Labute approximate surface area is 176 Å². The summed E-state index contributed by atoms with van der Waals surface area (Å²) in [4.78, 5) is 29.9. The van der Waals surface area contributed by atoms with E-state index < -0.39 is 5.54 Å². The predicted molar refractivity (Wildman–Crippen MR) is 118 cm³/mol. The molecule has 5 nitrogen and oxygen atoms in total. The Morgan fingerprint density at radius 1 is 1.03 bits per heavy atom. The highest BCUT2D eigenvalue weighted by Crippen LogP contribution is 2.38. The van der Waals surface area contributed by atoms with Gasteiger partial charge in [-0.2, -0.15) is 0 Å². The maximum absolute atomic E-state index is 13.4. The van der Waals surface area contributed by atoms with E-state index in [1.807, 2.05) is 61.5 Å². The molecule has 0 aliphatic carbocycles. The Bertz CT molecular complexity index is 1080. The summed E-state index contributed by atoms with van der Waals surface area (Å²) in [7, 11) is 0. The molecule has 5 heteroatoms. The van der Waals surface area contributed by atoms with Crippen LogP contribution in [0.3, 0.4) is 0 Å². The van der Waals surface area contributed by atoms with Crippen LogP contribution in [0.15, 0.2) is 60.7 Å². The summed E-state index contributed by atoms with van der Waals surface area (Å²) in [6, 6.07) is 19.7. The number of ether oxygens (including phenoxy) is 1. The molecular weight excluding hydrogens is 376 g/mol. The molecule has 2 heterocycles. The number of Topliss-reactive ketones (excluding diaryl/α,β-unsaturated/α-hetero) is 1. The number of nitrogens with one attached hydrogen (secondary N) is 1. The second-order valence-corrected chi connectivity index (χ2v) is 7.77. The summed E-state index contributed by atoms with van der Waals surface area (Å²) < 4.78 is 5.02. The minimum Gasteiger partial charge on any atom is -0.466 e. The maximum atomic E-state index is 13.4. The molecule has 0 spiro atoms. The summed E-state index contributed by atoms with van der Waals surface area (Å²) in [6.45, 7) is 2.20. The van der Waals surface area contributed by atoms with Gasteiger partial charge in [0.1, 0.15) is 5.54 Å².